The monoisotopic (exact) mass is 626 g/mol. The fourth-order valence-corrected chi connectivity index (χ4v) is 6.69. The summed E-state index contributed by atoms with van der Waals surface area (Å²) in [7, 11) is -0.0270. The number of methoxy groups -OCH3 is 3. The van der Waals surface area contributed by atoms with Crippen LogP contribution in [0.4, 0.5) is 11.4 Å². The Balaban J connectivity index is 1.62. The number of aryl methyl sites for hydroxylation is 1. The molecule has 0 aliphatic rings. The summed E-state index contributed by atoms with van der Waals surface area (Å²) in [5.41, 5.74) is 2.64. The number of hydrogen-bond donors (Lipinski definition) is 1. The summed E-state index contributed by atoms with van der Waals surface area (Å²) in [5.74, 6) is 1.04. The molecule has 0 heterocycles. The second kappa shape index (κ2) is 13.9. The van der Waals surface area contributed by atoms with Crippen LogP contribution in [0.5, 0.6) is 17.2 Å². The molecule has 4 rings (SSSR count). The number of carbonyl (C=O) groups is 1. The predicted octanol–water partition coefficient (Wildman–Crippen LogP) is 6.80. The minimum atomic E-state index is -4.30. The Morgan fingerprint density at radius 2 is 1.55 bits per heavy atom. The van der Waals surface area contributed by atoms with E-state index in [9.17, 15) is 13.2 Å². The van der Waals surface area contributed by atoms with E-state index in [0.717, 1.165) is 21.2 Å². The molecule has 4 aromatic carbocycles. The van der Waals surface area contributed by atoms with Gasteiger partial charge < -0.3 is 19.5 Å². The summed E-state index contributed by atoms with van der Waals surface area (Å²) < 4.78 is 45.0. The first-order chi connectivity index (χ1) is 20.2. The third kappa shape index (κ3) is 7.31. The van der Waals surface area contributed by atoms with Gasteiger partial charge in [-0.1, -0.05) is 41.9 Å². The van der Waals surface area contributed by atoms with Crippen LogP contribution in [0.2, 0.25) is 5.02 Å². The normalized spacial score (nSPS) is 11.1. The van der Waals surface area contributed by atoms with Gasteiger partial charge in [-0.05, 0) is 66.6 Å². The maximum absolute atomic E-state index is 14.0. The molecular weight excluding hydrogens is 596 g/mol. The molecule has 0 aromatic heterocycles. The van der Waals surface area contributed by atoms with Gasteiger partial charge in [0.15, 0.2) is 11.5 Å². The molecule has 8 nitrogen and oxygen atoms in total. The highest BCUT2D eigenvalue weighted by Gasteiger charge is 2.31. The smallest absolute Gasteiger partial charge is 0.265 e. The number of anilines is 2. The Kier molecular flexibility index (Phi) is 10.3. The Labute approximate surface area is 255 Å². The Bertz CT molecular complexity index is 1670. The van der Waals surface area contributed by atoms with E-state index in [2.05, 4.69) is 17.4 Å². The number of nitrogens with zero attached hydrogens (tertiary/aromatic N) is 1. The minimum absolute atomic E-state index is 0.105. The van der Waals surface area contributed by atoms with E-state index < -0.39 is 22.5 Å². The summed E-state index contributed by atoms with van der Waals surface area (Å²) in [5, 5.41) is 3.13. The zero-order valence-electron chi connectivity index (χ0n) is 23.6. The molecule has 1 amide bonds. The molecular formula is C31H31ClN2O6S2. The van der Waals surface area contributed by atoms with Crippen LogP contribution in [0.3, 0.4) is 0 Å². The van der Waals surface area contributed by atoms with Crippen LogP contribution >= 0.6 is 23.4 Å². The third-order valence-corrected chi connectivity index (χ3v) is 9.43. The minimum Gasteiger partial charge on any atom is -0.495 e. The lowest BCUT2D eigenvalue weighted by molar-refractivity contribution is -0.114. The maximum atomic E-state index is 14.0. The fraction of sp³-hybridized carbons (Fsp3) is 0.194. The van der Waals surface area contributed by atoms with Crippen molar-refractivity contribution < 1.29 is 27.4 Å². The number of halogens is 1. The first kappa shape index (κ1) is 31.1. The fourth-order valence-electron chi connectivity index (χ4n) is 4.22. The number of rotatable bonds is 12. The molecule has 0 atom stereocenters. The van der Waals surface area contributed by atoms with Gasteiger partial charge in [0.2, 0.25) is 5.91 Å². The van der Waals surface area contributed by atoms with Gasteiger partial charge in [-0.3, -0.25) is 9.10 Å². The first-order valence-electron chi connectivity index (χ1n) is 12.8. The average Bonchev–Trinajstić information content (AvgIpc) is 3.00. The van der Waals surface area contributed by atoms with Gasteiger partial charge in [0.1, 0.15) is 12.3 Å². The molecule has 0 aliphatic heterocycles. The quantitative estimate of drug-likeness (QED) is 0.173. The van der Waals surface area contributed by atoms with Gasteiger partial charge in [0.25, 0.3) is 10.0 Å². The van der Waals surface area contributed by atoms with Crippen molar-refractivity contribution in [1.29, 1.82) is 0 Å². The van der Waals surface area contributed by atoms with Crippen LogP contribution in [-0.4, -0.2) is 42.2 Å². The van der Waals surface area contributed by atoms with Crippen LogP contribution in [0, 0.1) is 6.92 Å². The maximum Gasteiger partial charge on any atom is 0.265 e. The van der Waals surface area contributed by atoms with E-state index >= 15 is 0 Å². The van der Waals surface area contributed by atoms with Gasteiger partial charge in [0, 0.05) is 27.4 Å². The molecule has 42 heavy (non-hydrogen) atoms. The molecule has 4 aromatic rings. The van der Waals surface area contributed by atoms with Crippen molar-refractivity contribution in [3.05, 3.63) is 101 Å². The highest BCUT2D eigenvalue weighted by molar-refractivity contribution is 7.98. The molecule has 11 heteroatoms. The second-order valence-electron chi connectivity index (χ2n) is 9.14. The summed E-state index contributed by atoms with van der Waals surface area (Å²) in [6.07, 6.45) is 0. The summed E-state index contributed by atoms with van der Waals surface area (Å²) >= 11 is 7.97. The van der Waals surface area contributed by atoms with E-state index in [1.54, 1.807) is 23.9 Å². The third-order valence-electron chi connectivity index (χ3n) is 6.35. The molecule has 1 N–H and O–H groups in total. The van der Waals surface area contributed by atoms with Crippen molar-refractivity contribution in [2.75, 3.05) is 37.5 Å². The molecule has 0 fully saturated rings. The molecule has 0 saturated carbocycles. The lowest BCUT2D eigenvalue weighted by atomic mass is 10.1. The van der Waals surface area contributed by atoms with Crippen molar-refractivity contribution >= 4 is 50.7 Å². The van der Waals surface area contributed by atoms with Crippen LogP contribution < -0.4 is 23.8 Å². The van der Waals surface area contributed by atoms with Gasteiger partial charge in [-0.25, -0.2) is 8.42 Å². The molecule has 220 valence electrons. The first-order valence-corrected chi connectivity index (χ1v) is 15.6. The van der Waals surface area contributed by atoms with E-state index in [4.69, 9.17) is 25.8 Å². The van der Waals surface area contributed by atoms with Gasteiger partial charge in [-0.15, -0.1) is 11.8 Å². The standard InChI is InChI=1S/C31H31ClN2O6S2/c1-21-16-22(20-41-24-8-6-5-7-9-24)10-13-26(21)33-31(35)19-34(27-17-23(32)11-14-28(27)38-2)42(36,37)25-12-15-29(39-3)30(18-25)40-4/h5-18H,19-20H2,1-4H3,(H,33,35). The van der Waals surface area contributed by atoms with E-state index in [-0.39, 0.29) is 27.1 Å². The lowest BCUT2D eigenvalue weighted by Gasteiger charge is -2.26. The molecule has 0 bridgehead atoms. The largest absolute Gasteiger partial charge is 0.495 e. The summed E-state index contributed by atoms with van der Waals surface area (Å²) in [6, 6.07) is 24.6. The van der Waals surface area contributed by atoms with Gasteiger partial charge in [0.05, 0.1) is 31.9 Å². The van der Waals surface area contributed by atoms with Crippen LogP contribution in [0.1, 0.15) is 11.1 Å². The summed E-state index contributed by atoms with van der Waals surface area (Å²) in [4.78, 5) is 14.5. The predicted molar refractivity (Wildman–Crippen MR) is 168 cm³/mol. The SMILES string of the molecule is COc1ccc(S(=O)(=O)N(CC(=O)Nc2ccc(CSc3ccccc3)cc2C)c2cc(Cl)ccc2OC)cc1OC. The van der Waals surface area contributed by atoms with Crippen LogP contribution in [0.25, 0.3) is 0 Å². The molecule has 0 saturated heterocycles. The Morgan fingerprint density at radius 3 is 2.21 bits per heavy atom. The zero-order chi connectivity index (χ0) is 30.3. The lowest BCUT2D eigenvalue weighted by Crippen LogP contribution is -2.38. The van der Waals surface area contributed by atoms with Gasteiger partial charge in [-0.2, -0.15) is 0 Å². The number of hydrogen-bond acceptors (Lipinski definition) is 7. The number of amides is 1. The number of ether oxygens (including phenoxy) is 3. The van der Waals surface area contributed by atoms with Crippen molar-refractivity contribution in [1.82, 2.24) is 0 Å². The van der Waals surface area contributed by atoms with E-state index in [0.29, 0.717) is 11.4 Å². The second-order valence-corrected chi connectivity index (χ2v) is 12.5. The molecule has 0 spiro atoms. The number of thioether (sulfide) groups is 1. The van der Waals surface area contributed by atoms with E-state index in [1.165, 1.54) is 50.5 Å². The number of sulfonamides is 1. The molecule has 0 aliphatic carbocycles. The number of carbonyl (C=O) groups excluding carboxylic acids is 1. The highest BCUT2D eigenvalue weighted by Crippen LogP contribution is 2.37. The molecule has 0 unspecified atom stereocenters. The van der Waals surface area contributed by atoms with Crippen molar-refractivity contribution in [3.63, 3.8) is 0 Å². The Morgan fingerprint density at radius 1 is 0.857 bits per heavy atom. The van der Waals surface area contributed by atoms with Crippen molar-refractivity contribution in [2.45, 2.75) is 22.5 Å². The zero-order valence-corrected chi connectivity index (χ0v) is 26.0. The Hall–Kier alpha value is -3.86. The number of benzene rings is 4. The number of nitrogens with one attached hydrogen (secondary N) is 1. The topological polar surface area (TPSA) is 94.2 Å². The van der Waals surface area contributed by atoms with Crippen LogP contribution in [0.15, 0.2) is 94.7 Å². The van der Waals surface area contributed by atoms with Crippen molar-refractivity contribution in [2.24, 2.45) is 0 Å². The van der Waals surface area contributed by atoms with Crippen molar-refractivity contribution in [3.8, 4) is 17.2 Å². The van der Waals surface area contributed by atoms with Gasteiger partial charge >= 0.3 is 0 Å². The summed E-state index contributed by atoms with van der Waals surface area (Å²) in [6.45, 7) is 1.35. The van der Waals surface area contributed by atoms with Crippen LogP contribution in [-0.2, 0) is 20.6 Å². The molecule has 0 radical (unpaired) electrons. The average molecular weight is 627 g/mol. The highest BCUT2D eigenvalue weighted by atomic mass is 35.5. The van der Waals surface area contributed by atoms with E-state index in [1.807, 2.05) is 43.3 Å².